The summed E-state index contributed by atoms with van der Waals surface area (Å²) in [5.74, 6) is 1.67. The minimum Gasteiger partial charge on any atom is -0.363 e. The number of aromatic nitrogens is 5. The Kier molecular flexibility index (Phi) is 5.13. The number of nitrogens with zero attached hydrogens (tertiary/aromatic N) is 5. The lowest BCUT2D eigenvalue weighted by molar-refractivity contribution is 0.454. The summed E-state index contributed by atoms with van der Waals surface area (Å²) >= 11 is 0. The molecule has 0 bridgehead atoms. The topological polar surface area (TPSA) is 80.5 Å². The predicted octanol–water partition coefficient (Wildman–Crippen LogP) is 1.51. The van der Waals surface area contributed by atoms with Gasteiger partial charge in [0.25, 0.3) is 0 Å². The first-order valence-corrected chi connectivity index (χ1v) is 7.39. The number of anilines is 1. The Morgan fingerprint density at radius 3 is 2.74 bits per heavy atom. The van der Waals surface area contributed by atoms with Gasteiger partial charge in [-0.05, 0) is 49.6 Å². The fourth-order valence-electron chi connectivity index (χ4n) is 3.32. The van der Waals surface area contributed by atoms with Crippen LogP contribution in [0.15, 0.2) is 6.07 Å². The van der Waals surface area contributed by atoms with Gasteiger partial charge in [-0.3, -0.25) is 0 Å². The van der Waals surface area contributed by atoms with Crippen LogP contribution in [0.25, 0.3) is 11.4 Å². The van der Waals surface area contributed by atoms with Crippen LogP contribution in [0.1, 0.15) is 24.1 Å². The molecule has 1 spiro atoms. The van der Waals surface area contributed by atoms with Crippen molar-refractivity contribution < 1.29 is 0 Å². The van der Waals surface area contributed by atoms with E-state index in [9.17, 15) is 0 Å². The van der Waals surface area contributed by atoms with E-state index in [4.69, 9.17) is 4.98 Å². The molecule has 126 valence electrons. The molecule has 2 aromatic heterocycles. The first kappa shape index (κ1) is 17.9. The van der Waals surface area contributed by atoms with E-state index in [2.05, 4.69) is 32.1 Å². The van der Waals surface area contributed by atoms with E-state index in [0.717, 1.165) is 43.0 Å². The maximum atomic E-state index is 4.76. The molecule has 1 saturated heterocycles. The zero-order chi connectivity index (χ0) is 14.4. The Morgan fingerprint density at radius 1 is 1.26 bits per heavy atom. The summed E-state index contributed by atoms with van der Waals surface area (Å²) in [6, 6.07) is 2.16. The molecule has 4 heterocycles. The average molecular weight is 358 g/mol. The van der Waals surface area contributed by atoms with Crippen molar-refractivity contribution in [3.8, 4) is 11.4 Å². The highest BCUT2D eigenvalue weighted by Gasteiger charge is 2.37. The number of hydrogen-bond acceptors (Lipinski definition) is 6. The summed E-state index contributed by atoms with van der Waals surface area (Å²) in [6.45, 7) is 4.12. The van der Waals surface area contributed by atoms with Crippen molar-refractivity contribution in [2.24, 2.45) is 7.05 Å². The summed E-state index contributed by atoms with van der Waals surface area (Å²) in [7, 11) is 1.77. The van der Waals surface area contributed by atoms with Gasteiger partial charge >= 0.3 is 0 Å². The smallest absolute Gasteiger partial charge is 0.206 e. The lowest BCUT2D eigenvalue weighted by Crippen LogP contribution is -2.44. The number of tetrazole rings is 1. The van der Waals surface area contributed by atoms with E-state index in [1.165, 1.54) is 16.8 Å². The molecule has 9 heteroatoms. The zero-order valence-corrected chi connectivity index (χ0v) is 14.8. The molecule has 0 amide bonds. The van der Waals surface area contributed by atoms with Gasteiger partial charge in [-0.15, -0.1) is 35.0 Å². The lowest BCUT2D eigenvalue weighted by Gasteiger charge is -2.35. The van der Waals surface area contributed by atoms with Gasteiger partial charge < -0.3 is 10.6 Å². The van der Waals surface area contributed by atoms with Crippen molar-refractivity contribution in [3.63, 3.8) is 0 Å². The van der Waals surface area contributed by atoms with Crippen LogP contribution in [0.3, 0.4) is 0 Å². The number of halogens is 2. The van der Waals surface area contributed by atoms with Crippen molar-refractivity contribution in [2.45, 2.75) is 31.7 Å². The fraction of sp³-hybridized carbons (Fsp3) is 0.571. The number of fused-ring (bicyclic) bond motifs is 1. The monoisotopic (exact) mass is 357 g/mol. The molecule has 0 saturated carbocycles. The van der Waals surface area contributed by atoms with Gasteiger partial charge in [0.2, 0.25) is 5.82 Å². The molecule has 0 aromatic carbocycles. The minimum atomic E-state index is 0. The SMILES string of the molecule is Cc1nc2c(cc1-c1nnn(C)n1)CCC1(CCNC1)N2.Cl.Cl. The average Bonchev–Trinajstić information content (AvgIpc) is 3.08. The Morgan fingerprint density at radius 2 is 2.09 bits per heavy atom. The van der Waals surface area contributed by atoms with Crippen molar-refractivity contribution in [1.29, 1.82) is 0 Å². The van der Waals surface area contributed by atoms with E-state index in [-0.39, 0.29) is 30.4 Å². The van der Waals surface area contributed by atoms with E-state index in [1.54, 1.807) is 7.05 Å². The first-order valence-electron chi connectivity index (χ1n) is 7.39. The van der Waals surface area contributed by atoms with Crippen LogP contribution in [0, 0.1) is 6.92 Å². The summed E-state index contributed by atoms with van der Waals surface area (Å²) in [4.78, 5) is 6.24. The molecule has 0 aliphatic carbocycles. The third-order valence-electron chi connectivity index (χ3n) is 4.54. The Hall–Kier alpha value is -1.44. The molecule has 1 fully saturated rings. The van der Waals surface area contributed by atoms with Gasteiger partial charge in [0.1, 0.15) is 5.82 Å². The molecule has 2 aliphatic rings. The van der Waals surface area contributed by atoms with Gasteiger partial charge in [0.05, 0.1) is 18.3 Å². The molecule has 7 nitrogen and oxygen atoms in total. The van der Waals surface area contributed by atoms with Gasteiger partial charge in [0, 0.05) is 12.1 Å². The summed E-state index contributed by atoms with van der Waals surface area (Å²) in [6.07, 6.45) is 3.36. The third-order valence-corrected chi connectivity index (χ3v) is 4.54. The molecule has 1 unspecified atom stereocenters. The number of nitrogens with one attached hydrogen (secondary N) is 2. The Balaban J connectivity index is 0.000000960. The second-order valence-electron chi connectivity index (χ2n) is 6.06. The maximum Gasteiger partial charge on any atom is 0.206 e. The highest BCUT2D eigenvalue weighted by Crippen LogP contribution is 2.35. The standard InChI is InChI=1S/C14H19N7.2ClH/c1-9-11(13-18-20-21(2)19-13)7-10-3-4-14(5-6-15-8-14)17-12(10)16-9;;/h7,15H,3-6,8H2,1-2H3,(H,16,17);2*1H. The van der Waals surface area contributed by atoms with Crippen molar-refractivity contribution in [2.75, 3.05) is 18.4 Å². The van der Waals surface area contributed by atoms with E-state index in [0.29, 0.717) is 5.82 Å². The van der Waals surface area contributed by atoms with Crippen LogP contribution >= 0.6 is 24.8 Å². The minimum absolute atomic E-state index is 0. The van der Waals surface area contributed by atoms with Crippen LogP contribution in [0.2, 0.25) is 0 Å². The molecule has 0 radical (unpaired) electrons. The molecule has 2 aromatic rings. The number of rotatable bonds is 1. The van der Waals surface area contributed by atoms with Crippen LogP contribution in [-0.4, -0.2) is 43.8 Å². The van der Waals surface area contributed by atoms with Crippen molar-refractivity contribution in [1.82, 2.24) is 30.5 Å². The van der Waals surface area contributed by atoms with Crippen LogP contribution in [0.5, 0.6) is 0 Å². The number of aryl methyl sites for hydroxylation is 3. The van der Waals surface area contributed by atoms with Gasteiger partial charge in [-0.1, -0.05) is 0 Å². The van der Waals surface area contributed by atoms with E-state index >= 15 is 0 Å². The number of hydrogen-bond donors (Lipinski definition) is 2. The quantitative estimate of drug-likeness (QED) is 0.805. The molecule has 2 N–H and O–H groups in total. The zero-order valence-electron chi connectivity index (χ0n) is 13.2. The third kappa shape index (κ3) is 3.13. The molecular weight excluding hydrogens is 337 g/mol. The van der Waals surface area contributed by atoms with Gasteiger partial charge in [-0.25, -0.2) is 4.98 Å². The summed E-state index contributed by atoms with van der Waals surface area (Å²) in [5.41, 5.74) is 3.36. The van der Waals surface area contributed by atoms with Gasteiger partial charge in [-0.2, -0.15) is 4.80 Å². The van der Waals surface area contributed by atoms with E-state index in [1.807, 2.05) is 6.92 Å². The second kappa shape index (κ2) is 6.59. The molecule has 23 heavy (non-hydrogen) atoms. The van der Waals surface area contributed by atoms with Gasteiger partial charge in [0.15, 0.2) is 0 Å². The largest absolute Gasteiger partial charge is 0.363 e. The maximum absolute atomic E-state index is 4.76. The van der Waals surface area contributed by atoms with E-state index < -0.39 is 0 Å². The normalized spacial score (nSPS) is 22.0. The molecule has 4 rings (SSSR count). The molecule has 2 aliphatic heterocycles. The van der Waals surface area contributed by atoms with Crippen LogP contribution in [0.4, 0.5) is 5.82 Å². The summed E-state index contributed by atoms with van der Waals surface area (Å²) < 4.78 is 0. The van der Waals surface area contributed by atoms with Crippen LogP contribution < -0.4 is 10.6 Å². The summed E-state index contributed by atoms with van der Waals surface area (Å²) in [5, 5.41) is 19.4. The highest BCUT2D eigenvalue weighted by atomic mass is 35.5. The molecule has 1 atom stereocenters. The fourth-order valence-corrected chi connectivity index (χ4v) is 3.32. The highest BCUT2D eigenvalue weighted by molar-refractivity contribution is 5.85. The predicted molar refractivity (Wildman–Crippen MR) is 93.4 cm³/mol. The lowest BCUT2D eigenvalue weighted by atomic mass is 9.86. The Bertz CT molecular complexity index is 694. The van der Waals surface area contributed by atoms with Crippen molar-refractivity contribution in [3.05, 3.63) is 17.3 Å². The van der Waals surface area contributed by atoms with Crippen molar-refractivity contribution >= 4 is 30.6 Å². The number of pyridine rings is 1. The molecular formula is C14H21Cl2N7. The first-order chi connectivity index (χ1) is 10.2. The van der Waals surface area contributed by atoms with Crippen LogP contribution in [-0.2, 0) is 13.5 Å². The second-order valence-corrected chi connectivity index (χ2v) is 6.06. The Labute approximate surface area is 147 Å².